The highest BCUT2D eigenvalue weighted by Gasteiger charge is 2.43. The fraction of sp³-hybridized carbons (Fsp3) is 0.385. The number of hydrogen-bond acceptors (Lipinski definition) is 4. The molecule has 0 aromatic heterocycles. The highest BCUT2D eigenvalue weighted by Crippen LogP contribution is 2.18. The molecular weight excluding hydrogens is 262 g/mol. The molecule has 1 saturated heterocycles. The van der Waals surface area contributed by atoms with Crippen molar-refractivity contribution in [1.82, 2.24) is 10.2 Å². The van der Waals surface area contributed by atoms with Crippen molar-refractivity contribution in [1.29, 1.82) is 0 Å². The molecule has 1 aromatic carbocycles. The Kier molecular flexibility index (Phi) is 3.44. The Morgan fingerprint density at radius 1 is 1.25 bits per heavy atom. The van der Waals surface area contributed by atoms with E-state index in [9.17, 15) is 19.7 Å². The normalized spacial score (nSPS) is 17.2. The van der Waals surface area contributed by atoms with Gasteiger partial charge in [0.05, 0.1) is 4.92 Å². The van der Waals surface area contributed by atoms with Gasteiger partial charge in [0.1, 0.15) is 5.54 Å². The second-order valence-corrected chi connectivity index (χ2v) is 5.19. The smallest absolute Gasteiger partial charge is 0.324 e. The first-order chi connectivity index (χ1) is 9.31. The van der Waals surface area contributed by atoms with Crippen LogP contribution in [0.25, 0.3) is 0 Å². The molecule has 1 heterocycles. The van der Waals surface area contributed by atoms with E-state index in [0.29, 0.717) is 6.42 Å². The maximum Gasteiger partial charge on any atom is 0.325 e. The highest BCUT2D eigenvalue weighted by atomic mass is 16.6. The van der Waals surface area contributed by atoms with Gasteiger partial charge in [0.25, 0.3) is 11.6 Å². The number of imide groups is 1. The van der Waals surface area contributed by atoms with E-state index in [4.69, 9.17) is 0 Å². The number of nitrogens with one attached hydrogen (secondary N) is 1. The summed E-state index contributed by atoms with van der Waals surface area (Å²) in [4.78, 5) is 34.9. The summed E-state index contributed by atoms with van der Waals surface area (Å²) < 4.78 is 0. The Labute approximate surface area is 115 Å². The van der Waals surface area contributed by atoms with Crippen LogP contribution >= 0.6 is 0 Å². The molecule has 106 valence electrons. The third-order valence-corrected chi connectivity index (χ3v) is 3.22. The first kappa shape index (κ1) is 14.0. The largest absolute Gasteiger partial charge is 0.325 e. The van der Waals surface area contributed by atoms with Gasteiger partial charge >= 0.3 is 6.03 Å². The van der Waals surface area contributed by atoms with Gasteiger partial charge in [0, 0.05) is 18.7 Å². The zero-order chi connectivity index (χ0) is 14.9. The van der Waals surface area contributed by atoms with E-state index in [1.807, 2.05) is 0 Å². The molecule has 20 heavy (non-hydrogen) atoms. The average molecular weight is 277 g/mol. The standard InChI is InChI=1S/C13H15N3O4/c1-13(2)11(17)15(12(18)14-13)8-7-9-3-5-10(6-4-9)16(19)20/h3-6H,7-8H2,1-2H3,(H,14,18). The molecule has 1 aliphatic heterocycles. The van der Waals surface area contributed by atoms with Gasteiger partial charge in [-0.25, -0.2) is 4.79 Å². The first-order valence-electron chi connectivity index (χ1n) is 6.19. The monoisotopic (exact) mass is 277 g/mol. The summed E-state index contributed by atoms with van der Waals surface area (Å²) in [6.45, 7) is 3.56. The Bertz CT molecular complexity index is 565. The van der Waals surface area contributed by atoms with E-state index in [1.54, 1.807) is 26.0 Å². The number of rotatable bonds is 4. The topological polar surface area (TPSA) is 92.6 Å². The minimum atomic E-state index is -0.868. The van der Waals surface area contributed by atoms with E-state index < -0.39 is 16.5 Å². The third kappa shape index (κ3) is 2.61. The van der Waals surface area contributed by atoms with Crippen LogP contribution in [0.15, 0.2) is 24.3 Å². The number of carbonyl (C=O) groups excluding carboxylic acids is 2. The van der Waals surface area contributed by atoms with Crippen LogP contribution in [0.5, 0.6) is 0 Å². The number of benzene rings is 1. The molecule has 0 saturated carbocycles. The number of non-ortho nitro benzene ring substituents is 1. The molecule has 7 nitrogen and oxygen atoms in total. The van der Waals surface area contributed by atoms with Crippen LogP contribution in [-0.4, -0.2) is 33.8 Å². The Morgan fingerprint density at radius 2 is 1.85 bits per heavy atom. The predicted octanol–water partition coefficient (Wildman–Crippen LogP) is 1.47. The summed E-state index contributed by atoms with van der Waals surface area (Å²) in [7, 11) is 0. The van der Waals surface area contributed by atoms with Crippen molar-refractivity contribution >= 4 is 17.6 Å². The molecule has 1 aromatic rings. The first-order valence-corrected chi connectivity index (χ1v) is 6.19. The van der Waals surface area contributed by atoms with E-state index in [1.165, 1.54) is 17.0 Å². The van der Waals surface area contributed by atoms with Crippen LogP contribution in [0.3, 0.4) is 0 Å². The Hall–Kier alpha value is -2.44. The molecular formula is C13H15N3O4. The highest BCUT2D eigenvalue weighted by molar-refractivity contribution is 6.06. The van der Waals surface area contributed by atoms with Crippen molar-refractivity contribution in [2.45, 2.75) is 25.8 Å². The third-order valence-electron chi connectivity index (χ3n) is 3.22. The molecule has 7 heteroatoms. The van der Waals surface area contributed by atoms with E-state index in [2.05, 4.69) is 5.32 Å². The maximum absolute atomic E-state index is 12.0. The van der Waals surface area contributed by atoms with Crippen LogP contribution in [0, 0.1) is 10.1 Å². The van der Waals surface area contributed by atoms with Crippen molar-refractivity contribution in [2.75, 3.05) is 6.54 Å². The number of nitro groups is 1. The van der Waals surface area contributed by atoms with Crippen molar-refractivity contribution in [3.8, 4) is 0 Å². The molecule has 0 spiro atoms. The van der Waals surface area contributed by atoms with Crippen molar-refractivity contribution in [2.24, 2.45) is 0 Å². The van der Waals surface area contributed by atoms with Crippen molar-refractivity contribution in [3.63, 3.8) is 0 Å². The van der Waals surface area contributed by atoms with Gasteiger partial charge in [-0.3, -0.25) is 19.8 Å². The van der Waals surface area contributed by atoms with Gasteiger partial charge in [-0.2, -0.15) is 0 Å². The van der Waals surface area contributed by atoms with E-state index >= 15 is 0 Å². The summed E-state index contributed by atoms with van der Waals surface area (Å²) in [6, 6.07) is 5.67. The van der Waals surface area contributed by atoms with Crippen LogP contribution in [0.1, 0.15) is 19.4 Å². The lowest BCUT2D eigenvalue weighted by Crippen LogP contribution is -2.40. The van der Waals surface area contributed by atoms with E-state index in [-0.39, 0.29) is 18.1 Å². The maximum atomic E-state index is 12.0. The SMILES string of the molecule is CC1(C)NC(=O)N(CCc2ccc([N+](=O)[O-])cc2)C1=O. The number of nitro benzene ring substituents is 1. The molecule has 1 N–H and O–H groups in total. The fourth-order valence-corrected chi connectivity index (χ4v) is 2.05. The number of urea groups is 1. The molecule has 1 fully saturated rings. The second-order valence-electron chi connectivity index (χ2n) is 5.19. The van der Waals surface area contributed by atoms with Gasteiger partial charge in [0.2, 0.25) is 0 Å². The summed E-state index contributed by atoms with van der Waals surface area (Å²) in [5.74, 6) is -0.260. The fourth-order valence-electron chi connectivity index (χ4n) is 2.05. The summed E-state index contributed by atoms with van der Waals surface area (Å²) in [6.07, 6.45) is 0.466. The summed E-state index contributed by atoms with van der Waals surface area (Å²) in [5.41, 5.74) is -0.0159. The van der Waals surface area contributed by atoms with Crippen LogP contribution in [0.4, 0.5) is 10.5 Å². The Balaban J connectivity index is 2.00. The number of carbonyl (C=O) groups is 2. The molecule has 0 radical (unpaired) electrons. The van der Waals surface area contributed by atoms with Crippen molar-refractivity contribution in [3.05, 3.63) is 39.9 Å². The van der Waals surface area contributed by atoms with Gasteiger partial charge in [-0.05, 0) is 25.8 Å². The minimum Gasteiger partial charge on any atom is -0.324 e. The Morgan fingerprint density at radius 3 is 2.30 bits per heavy atom. The zero-order valence-electron chi connectivity index (χ0n) is 11.3. The minimum absolute atomic E-state index is 0.0184. The summed E-state index contributed by atoms with van der Waals surface area (Å²) >= 11 is 0. The molecule has 0 aliphatic carbocycles. The van der Waals surface area contributed by atoms with Gasteiger partial charge in [-0.1, -0.05) is 12.1 Å². The number of nitrogens with zero attached hydrogens (tertiary/aromatic N) is 2. The predicted molar refractivity (Wildman–Crippen MR) is 71.1 cm³/mol. The molecule has 1 aliphatic rings. The van der Waals surface area contributed by atoms with Crippen LogP contribution < -0.4 is 5.32 Å². The van der Waals surface area contributed by atoms with E-state index in [0.717, 1.165) is 5.56 Å². The van der Waals surface area contributed by atoms with Gasteiger partial charge in [0.15, 0.2) is 0 Å². The molecule has 0 atom stereocenters. The van der Waals surface area contributed by atoms with Crippen LogP contribution in [-0.2, 0) is 11.2 Å². The number of hydrogen-bond donors (Lipinski definition) is 1. The molecule has 0 bridgehead atoms. The lowest BCUT2D eigenvalue weighted by molar-refractivity contribution is -0.384. The van der Waals surface area contributed by atoms with Gasteiger partial charge in [-0.15, -0.1) is 0 Å². The lowest BCUT2D eigenvalue weighted by Gasteiger charge is -2.15. The number of amides is 3. The molecule has 3 amide bonds. The quantitative estimate of drug-likeness (QED) is 0.512. The van der Waals surface area contributed by atoms with Gasteiger partial charge < -0.3 is 5.32 Å². The van der Waals surface area contributed by atoms with Crippen LogP contribution in [0.2, 0.25) is 0 Å². The van der Waals surface area contributed by atoms with Crippen molar-refractivity contribution < 1.29 is 14.5 Å². The second kappa shape index (κ2) is 4.92. The molecule has 2 rings (SSSR count). The zero-order valence-corrected chi connectivity index (χ0v) is 11.3. The molecule has 0 unspecified atom stereocenters. The average Bonchev–Trinajstić information content (AvgIpc) is 2.57. The summed E-state index contributed by atoms with van der Waals surface area (Å²) in [5, 5.41) is 13.1. The lowest BCUT2D eigenvalue weighted by atomic mass is 10.1.